The predicted molar refractivity (Wildman–Crippen MR) is 80.4 cm³/mol. The lowest BCUT2D eigenvalue weighted by molar-refractivity contribution is -0.124. The van der Waals surface area contributed by atoms with Crippen molar-refractivity contribution in [3.05, 3.63) is 35.9 Å². The maximum Gasteiger partial charge on any atom is 0.224 e. The molecule has 0 aromatic heterocycles. The van der Waals surface area contributed by atoms with E-state index in [0.717, 1.165) is 19.4 Å². The van der Waals surface area contributed by atoms with Gasteiger partial charge in [-0.3, -0.25) is 4.79 Å². The van der Waals surface area contributed by atoms with Crippen LogP contribution >= 0.6 is 12.4 Å². The van der Waals surface area contributed by atoms with Crippen molar-refractivity contribution in [1.82, 2.24) is 5.32 Å². The number of benzene rings is 1. The monoisotopic (exact) mass is 282 g/mol. The summed E-state index contributed by atoms with van der Waals surface area (Å²) in [5.74, 6) is -0.0300. The fraction of sp³-hybridized carbons (Fsp3) is 0.533. The van der Waals surface area contributed by atoms with Crippen molar-refractivity contribution >= 4 is 18.3 Å². The molecule has 1 aliphatic rings. The first-order valence-corrected chi connectivity index (χ1v) is 6.71. The average molecular weight is 283 g/mol. The van der Waals surface area contributed by atoms with Crippen LogP contribution in [0.4, 0.5) is 0 Å². The van der Waals surface area contributed by atoms with Crippen molar-refractivity contribution in [2.24, 2.45) is 11.7 Å². The number of rotatable bonds is 5. The van der Waals surface area contributed by atoms with Gasteiger partial charge in [-0.2, -0.15) is 0 Å². The van der Waals surface area contributed by atoms with Crippen LogP contribution in [0.1, 0.15) is 31.7 Å². The van der Waals surface area contributed by atoms with Crippen molar-refractivity contribution in [3.63, 3.8) is 0 Å². The lowest BCUT2D eigenvalue weighted by Crippen LogP contribution is -2.47. The van der Waals surface area contributed by atoms with Crippen LogP contribution in [0.5, 0.6) is 0 Å². The number of hydrogen-bond donors (Lipinski definition) is 2. The first-order valence-electron chi connectivity index (χ1n) is 6.71. The van der Waals surface area contributed by atoms with Gasteiger partial charge in [-0.1, -0.05) is 43.7 Å². The van der Waals surface area contributed by atoms with Crippen LogP contribution in [-0.2, 0) is 10.2 Å². The lowest BCUT2D eigenvalue weighted by atomic mass is 9.64. The quantitative estimate of drug-likeness (QED) is 0.870. The molecule has 1 saturated carbocycles. The van der Waals surface area contributed by atoms with E-state index in [1.54, 1.807) is 0 Å². The molecule has 0 heterocycles. The first kappa shape index (κ1) is 16.0. The van der Waals surface area contributed by atoms with Crippen molar-refractivity contribution in [2.45, 2.75) is 31.6 Å². The van der Waals surface area contributed by atoms with Crippen LogP contribution in [0.2, 0.25) is 0 Å². The minimum Gasteiger partial charge on any atom is -0.355 e. The molecule has 1 unspecified atom stereocenters. The predicted octanol–water partition coefficient (Wildman–Crippen LogP) is 2.24. The SMILES string of the molecule is CC(CN)C(=O)NCC1(c2ccccc2)CCC1.Cl. The Balaban J connectivity index is 0.00000180. The Hall–Kier alpha value is -1.06. The number of hydrogen-bond acceptors (Lipinski definition) is 2. The molecular formula is C15H23ClN2O. The minimum atomic E-state index is -0.0992. The number of nitrogens with two attached hydrogens (primary N) is 1. The van der Waals surface area contributed by atoms with Crippen molar-refractivity contribution in [3.8, 4) is 0 Å². The second-order valence-electron chi connectivity index (χ2n) is 5.35. The summed E-state index contributed by atoms with van der Waals surface area (Å²) in [4.78, 5) is 11.8. The molecule has 1 atom stereocenters. The van der Waals surface area contributed by atoms with Crippen molar-refractivity contribution in [2.75, 3.05) is 13.1 Å². The number of carbonyl (C=O) groups excluding carboxylic acids is 1. The van der Waals surface area contributed by atoms with Crippen LogP contribution in [0.15, 0.2) is 30.3 Å². The molecule has 4 heteroatoms. The van der Waals surface area contributed by atoms with Gasteiger partial charge in [-0.15, -0.1) is 12.4 Å². The van der Waals surface area contributed by atoms with Gasteiger partial charge in [0.2, 0.25) is 5.91 Å². The van der Waals surface area contributed by atoms with E-state index in [0.29, 0.717) is 6.54 Å². The Kier molecular flexibility index (Phi) is 5.83. The summed E-state index contributed by atoms with van der Waals surface area (Å²) >= 11 is 0. The molecule has 1 amide bonds. The summed E-state index contributed by atoms with van der Waals surface area (Å²) < 4.78 is 0. The van der Waals surface area contributed by atoms with Crippen molar-refractivity contribution in [1.29, 1.82) is 0 Å². The molecule has 1 aromatic rings. The molecule has 1 aliphatic carbocycles. The topological polar surface area (TPSA) is 55.1 Å². The van der Waals surface area contributed by atoms with E-state index in [4.69, 9.17) is 5.73 Å². The third kappa shape index (κ3) is 3.48. The van der Waals surface area contributed by atoms with Crippen LogP contribution < -0.4 is 11.1 Å². The summed E-state index contributed by atoms with van der Waals surface area (Å²) in [6.07, 6.45) is 3.57. The highest BCUT2D eigenvalue weighted by atomic mass is 35.5. The van der Waals surface area contributed by atoms with E-state index in [2.05, 4.69) is 29.6 Å². The standard InChI is InChI=1S/C15H22N2O.ClH/c1-12(10-16)14(18)17-11-15(8-5-9-15)13-6-3-2-4-7-13;/h2-4,6-7,12H,5,8-11,16H2,1H3,(H,17,18);1H. The number of halogens is 1. The van der Waals surface area contributed by atoms with Gasteiger partial charge in [0.1, 0.15) is 0 Å². The Bertz CT molecular complexity index is 404. The number of carbonyl (C=O) groups is 1. The highest BCUT2D eigenvalue weighted by Gasteiger charge is 2.38. The van der Waals surface area contributed by atoms with Gasteiger partial charge in [0.25, 0.3) is 0 Å². The fourth-order valence-corrected chi connectivity index (χ4v) is 2.50. The van der Waals surface area contributed by atoms with Crippen LogP contribution in [0.25, 0.3) is 0 Å². The Morgan fingerprint density at radius 2 is 2.00 bits per heavy atom. The third-order valence-electron chi connectivity index (χ3n) is 4.10. The zero-order valence-electron chi connectivity index (χ0n) is 11.4. The van der Waals surface area contributed by atoms with Gasteiger partial charge in [0.15, 0.2) is 0 Å². The molecule has 0 radical (unpaired) electrons. The Morgan fingerprint density at radius 3 is 2.47 bits per heavy atom. The van der Waals surface area contributed by atoms with Gasteiger partial charge in [0, 0.05) is 24.4 Å². The van der Waals surface area contributed by atoms with Crippen LogP contribution in [0.3, 0.4) is 0 Å². The van der Waals surface area contributed by atoms with E-state index in [1.807, 2.05) is 13.0 Å². The fourth-order valence-electron chi connectivity index (χ4n) is 2.50. The van der Waals surface area contributed by atoms with Gasteiger partial charge < -0.3 is 11.1 Å². The smallest absolute Gasteiger partial charge is 0.224 e. The number of nitrogens with one attached hydrogen (secondary N) is 1. The van der Waals surface area contributed by atoms with Gasteiger partial charge in [0.05, 0.1) is 0 Å². The lowest BCUT2D eigenvalue weighted by Gasteiger charge is -2.42. The second-order valence-corrected chi connectivity index (χ2v) is 5.35. The van der Waals surface area contributed by atoms with E-state index < -0.39 is 0 Å². The summed E-state index contributed by atoms with van der Waals surface area (Å²) in [5, 5.41) is 3.06. The molecule has 0 spiro atoms. The van der Waals surface area contributed by atoms with Crippen LogP contribution in [0, 0.1) is 5.92 Å². The average Bonchev–Trinajstić information content (AvgIpc) is 2.37. The van der Waals surface area contributed by atoms with Gasteiger partial charge in [-0.05, 0) is 18.4 Å². The second kappa shape index (κ2) is 6.92. The normalized spacial score (nSPS) is 17.8. The maximum absolute atomic E-state index is 11.8. The summed E-state index contributed by atoms with van der Waals surface area (Å²) in [7, 11) is 0. The zero-order chi connectivity index (χ0) is 13.0. The maximum atomic E-state index is 11.8. The van der Waals surface area contributed by atoms with E-state index in [9.17, 15) is 4.79 Å². The molecule has 106 valence electrons. The van der Waals surface area contributed by atoms with E-state index >= 15 is 0 Å². The molecule has 3 nitrogen and oxygen atoms in total. The van der Waals surface area contributed by atoms with Gasteiger partial charge >= 0.3 is 0 Å². The molecule has 0 bridgehead atoms. The molecule has 1 fully saturated rings. The molecule has 0 aliphatic heterocycles. The van der Waals surface area contributed by atoms with Crippen LogP contribution in [-0.4, -0.2) is 19.0 Å². The molecule has 2 rings (SSSR count). The molecule has 19 heavy (non-hydrogen) atoms. The molecule has 3 N–H and O–H groups in total. The Labute approximate surface area is 121 Å². The highest BCUT2D eigenvalue weighted by molar-refractivity contribution is 5.85. The summed E-state index contributed by atoms with van der Waals surface area (Å²) in [6, 6.07) is 10.5. The summed E-state index contributed by atoms with van der Waals surface area (Å²) in [6.45, 7) is 3.01. The zero-order valence-corrected chi connectivity index (χ0v) is 12.2. The highest BCUT2D eigenvalue weighted by Crippen LogP contribution is 2.43. The number of amides is 1. The molecular weight excluding hydrogens is 260 g/mol. The Morgan fingerprint density at radius 1 is 1.37 bits per heavy atom. The summed E-state index contributed by atoms with van der Waals surface area (Å²) in [5.41, 5.74) is 7.01. The van der Waals surface area contributed by atoms with Gasteiger partial charge in [-0.25, -0.2) is 0 Å². The molecule has 0 saturated heterocycles. The van der Waals surface area contributed by atoms with E-state index in [-0.39, 0.29) is 29.6 Å². The minimum absolute atomic E-state index is 0. The molecule has 1 aromatic carbocycles. The first-order chi connectivity index (χ1) is 8.68. The largest absolute Gasteiger partial charge is 0.355 e. The van der Waals surface area contributed by atoms with Crippen molar-refractivity contribution < 1.29 is 4.79 Å². The third-order valence-corrected chi connectivity index (χ3v) is 4.10. The van der Waals surface area contributed by atoms with E-state index in [1.165, 1.54) is 12.0 Å².